The summed E-state index contributed by atoms with van der Waals surface area (Å²) < 4.78 is 34.2. The molecule has 0 aromatic heterocycles. The maximum absolute atomic E-state index is 13.0. The molecule has 0 aliphatic rings. The van der Waals surface area contributed by atoms with Gasteiger partial charge in [0.25, 0.3) is 0 Å². The Morgan fingerprint density at radius 2 is 2.12 bits per heavy atom. The summed E-state index contributed by atoms with van der Waals surface area (Å²) in [6, 6.07) is 4.41. The molecule has 0 fully saturated rings. The molecule has 0 bridgehead atoms. The maximum atomic E-state index is 13.0. The number of nitrogens with two attached hydrogens (primary N) is 1. The second-order valence-corrected chi connectivity index (χ2v) is 5.43. The average molecular weight is 267 g/mol. The van der Waals surface area contributed by atoms with Crippen molar-refractivity contribution < 1.29 is 12.8 Å². The van der Waals surface area contributed by atoms with Crippen LogP contribution in [0, 0.1) is 5.82 Å². The molecule has 90 valence electrons. The standard InChI is InChI=1S/C9H12ClFN2O2S/c10-8-2-1-7(5-9(8)11)6-13-3-4-16(12,14)15/h1-2,5,13H,3-4,6H2,(H2,12,14,15). The molecule has 0 unspecified atom stereocenters. The second-order valence-electron chi connectivity index (χ2n) is 3.29. The van der Waals surface area contributed by atoms with Crippen molar-refractivity contribution in [3.8, 4) is 0 Å². The lowest BCUT2D eigenvalue weighted by Crippen LogP contribution is -2.26. The van der Waals surface area contributed by atoms with Crippen LogP contribution in [0.4, 0.5) is 4.39 Å². The quantitative estimate of drug-likeness (QED) is 0.777. The predicted octanol–water partition coefficient (Wildman–Crippen LogP) is 0.857. The van der Waals surface area contributed by atoms with E-state index >= 15 is 0 Å². The van der Waals surface area contributed by atoms with E-state index in [0.717, 1.165) is 0 Å². The SMILES string of the molecule is NS(=O)(=O)CCNCc1ccc(Cl)c(F)c1. The van der Waals surface area contributed by atoms with Gasteiger partial charge in [0.2, 0.25) is 10.0 Å². The van der Waals surface area contributed by atoms with Crippen molar-refractivity contribution in [3.63, 3.8) is 0 Å². The van der Waals surface area contributed by atoms with Crippen molar-refractivity contribution in [2.75, 3.05) is 12.3 Å². The van der Waals surface area contributed by atoms with Gasteiger partial charge in [0.1, 0.15) is 5.82 Å². The number of nitrogens with one attached hydrogen (secondary N) is 1. The molecule has 0 saturated heterocycles. The van der Waals surface area contributed by atoms with E-state index in [1.807, 2.05) is 0 Å². The van der Waals surface area contributed by atoms with Crippen molar-refractivity contribution in [2.24, 2.45) is 5.14 Å². The minimum Gasteiger partial charge on any atom is -0.312 e. The Balaban J connectivity index is 2.41. The van der Waals surface area contributed by atoms with Crippen LogP contribution >= 0.6 is 11.6 Å². The number of rotatable bonds is 5. The van der Waals surface area contributed by atoms with Crippen LogP contribution in [-0.2, 0) is 16.6 Å². The summed E-state index contributed by atoms with van der Waals surface area (Å²) in [6.45, 7) is 0.590. The minimum absolute atomic E-state index is 0.0632. The lowest BCUT2D eigenvalue weighted by atomic mass is 10.2. The third kappa shape index (κ3) is 4.89. The Kier molecular flexibility index (Phi) is 4.67. The third-order valence-electron chi connectivity index (χ3n) is 1.88. The van der Waals surface area contributed by atoms with Crippen molar-refractivity contribution in [3.05, 3.63) is 34.6 Å². The van der Waals surface area contributed by atoms with Crippen molar-refractivity contribution >= 4 is 21.6 Å². The number of halogens is 2. The van der Waals surface area contributed by atoms with Gasteiger partial charge in [-0.05, 0) is 17.7 Å². The van der Waals surface area contributed by atoms with Crippen LogP contribution in [0.25, 0.3) is 0 Å². The molecule has 0 spiro atoms. The lowest BCUT2D eigenvalue weighted by molar-refractivity contribution is 0.591. The average Bonchev–Trinajstić information content (AvgIpc) is 2.17. The van der Waals surface area contributed by atoms with E-state index in [1.165, 1.54) is 12.1 Å². The van der Waals surface area contributed by atoms with Gasteiger partial charge in [-0.1, -0.05) is 17.7 Å². The van der Waals surface area contributed by atoms with Crippen LogP contribution in [0.5, 0.6) is 0 Å². The van der Waals surface area contributed by atoms with Crippen LogP contribution < -0.4 is 10.5 Å². The van der Waals surface area contributed by atoms with Crippen molar-refractivity contribution in [1.82, 2.24) is 5.32 Å². The number of primary sulfonamides is 1. The molecule has 16 heavy (non-hydrogen) atoms. The summed E-state index contributed by atoms with van der Waals surface area (Å²) in [4.78, 5) is 0. The zero-order valence-electron chi connectivity index (χ0n) is 8.41. The highest BCUT2D eigenvalue weighted by Gasteiger charge is 2.03. The van der Waals surface area contributed by atoms with Crippen LogP contribution in [-0.4, -0.2) is 20.7 Å². The van der Waals surface area contributed by atoms with Crippen molar-refractivity contribution in [1.29, 1.82) is 0 Å². The molecule has 1 aromatic carbocycles. The lowest BCUT2D eigenvalue weighted by Gasteiger charge is -2.04. The zero-order chi connectivity index (χ0) is 12.2. The molecule has 1 rings (SSSR count). The molecule has 3 N–H and O–H groups in total. The van der Waals surface area contributed by atoms with Crippen molar-refractivity contribution in [2.45, 2.75) is 6.54 Å². The summed E-state index contributed by atoms with van der Waals surface area (Å²) in [5, 5.41) is 7.71. The Bertz CT molecular complexity index is 465. The topological polar surface area (TPSA) is 72.2 Å². The first-order chi connectivity index (χ1) is 7.38. The van der Waals surface area contributed by atoms with E-state index in [-0.39, 0.29) is 17.3 Å². The van der Waals surface area contributed by atoms with E-state index in [1.54, 1.807) is 6.07 Å². The first-order valence-electron chi connectivity index (χ1n) is 4.53. The number of benzene rings is 1. The predicted molar refractivity (Wildman–Crippen MR) is 61.1 cm³/mol. The van der Waals surface area contributed by atoms with Gasteiger partial charge in [-0.2, -0.15) is 0 Å². The molecule has 0 heterocycles. The number of sulfonamides is 1. The van der Waals surface area contributed by atoms with Gasteiger partial charge >= 0.3 is 0 Å². The second kappa shape index (κ2) is 5.58. The first-order valence-corrected chi connectivity index (χ1v) is 6.63. The molecule has 1 aromatic rings. The Labute approximate surface area is 98.6 Å². The molecule has 7 heteroatoms. The normalized spacial score (nSPS) is 11.7. The van der Waals surface area contributed by atoms with Gasteiger partial charge in [0.05, 0.1) is 10.8 Å². The highest BCUT2D eigenvalue weighted by Crippen LogP contribution is 2.15. The zero-order valence-corrected chi connectivity index (χ0v) is 9.98. The van der Waals surface area contributed by atoms with E-state index < -0.39 is 15.8 Å². The van der Waals surface area contributed by atoms with Gasteiger partial charge in [-0.3, -0.25) is 0 Å². The summed E-state index contributed by atoms with van der Waals surface area (Å²) in [7, 11) is -3.45. The third-order valence-corrected chi connectivity index (χ3v) is 2.96. The van der Waals surface area contributed by atoms with Gasteiger partial charge in [0.15, 0.2) is 0 Å². The summed E-state index contributed by atoms with van der Waals surface area (Å²) in [6.07, 6.45) is 0. The smallest absolute Gasteiger partial charge is 0.210 e. The van der Waals surface area contributed by atoms with Gasteiger partial charge in [-0.15, -0.1) is 0 Å². The monoisotopic (exact) mass is 266 g/mol. The summed E-state index contributed by atoms with van der Waals surface area (Å²) in [5.74, 6) is -0.643. The Hall–Kier alpha value is -0.690. The maximum Gasteiger partial charge on any atom is 0.210 e. The van der Waals surface area contributed by atoms with Gasteiger partial charge < -0.3 is 5.32 Å². The minimum atomic E-state index is -3.45. The summed E-state index contributed by atoms with van der Waals surface area (Å²) >= 11 is 5.51. The van der Waals surface area contributed by atoms with Crippen LogP contribution in [0.3, 0.4) is 0 Å². The fraction of sp³-hybridized carbons (Fsp3) is 0.333. The van der Waals surface area contributed by atoms with E-state index in [0.29, 0.717) is 12.1 Å². The van der Waals surface area contributed by atoms with E-state index in [2.05, 4.69) is 5.32 Å². The molecule has 0 aliphatic carbocycles. The van der Waals surface area contributed by atoms with Gasteiger partial charge in [0, 0.05) is 13.1 Å². The highest BCUT2D eigenvalue weighted by atomic mass is 35.5. The number of hydrogen-bond donors (Lipinski definition) is 2. The Morgan fingerprint density at radius 1 is 1.44 bits per heavy atom. The van der Waals surface area contributed by atoms with Crippen LogP contribution in [0.2, 0.25) is 5.02 Å². The first kappa shape index (κ1) is 13.4. The molecule has 0 amide bonds. The fourth-order valence-electron chi connectivity index (χ4n) is 1.10. The number of hydrogen-bond acceptors (Lipinski definition) is 3. The molecule has 4 nitrogen and oxygen atoms in total. The van der Waals surface area contributed by atoms with E-state index in [4.69, 9.17) is 16.7 Å². The molecule has 0 saturated carbocycles. The van der Waals surface area contributed by atoms with Crippen LogP contribution in [0.1, 0.15) is 5.56 Å². The molecule has 0 atom stereocenters. The molecular formula is C9H12ClFN2O2S. The summed E-state index contributed by atoms with van der Waals surface area (Å²) in [5.41, 5.74) is 0.691. The molecule has 0 radical (unpaired) electrons. The molecule has 0 aliphatic heterocycles. The fourth-order valence-corrected chi connectivity index (χ4v) is 1.64. The largest absolute Gasteiger partial charge is 0.312 e. The highest BCUT2D eigenvalue weighted by molar-refractivity contribution is 7.89. The Morgan fingerprint density at radius 3 is 2.69 bits per heavy atom. The molecular weight excluding hydrogens is 255 g/mol. The van der Waals surface area contributed by atoms with Gasteiger partial charge in [-0.25, -0.2) is 17.9 Å². The van der Waals surface area contributed by atoms with Crippen LogP contribution in [0.15, 0.2) is 18.2 Å². The van der Waals surface area contributed by atoms with E-state index in [9.17, 15) is 12.8 Å².